The molecule has 0 bridgehead atoms. The monoisotopic (exact) mass is 262 g/mol. The quantitative estimate of drug-likeness (QED) is 0.858. The topological polar surface area (TPSA) is 89.3 Å². The van der Waals surface area contributed by atoms with Gasteiger partial charge in [-0.05, 0) is 12.1 Å². The molecule has 7 heteroatoms. The molecule has 0 aliphatic rings. The first-order valence-electron chi connectivity index (χ1n) is 5.70. The van der Waals surface area contributed by atoms with Crippen LogP contribution in [-0.2, 0) is 11.8 Å². The second-order valence-corrected chi connectivity index (χ2v) is 3.80. The molecular weight excluding hydrogens is 248 g/mol. The van der Waals surface area contributed by atoms with E-state index in [1.165, 1.54) is 0 Å². The van der Waals surface area contributed by atoms with Gasteiger partial charge in [-0.1, -0.05) is 12.1 Å². The van der Waals surface area contributed by atoms with E-state index in [-0.39, 0.29) is 13.2 Å². The molecule has 1 heterocycles. The highest BCUT2D eigenvalue weighted by molar-refractivity contribution is 5.90. The molecule has 0 radical (unpaired) electrons. The zero-order valence-electron chi connectivity index (χ0n) is 10.4. The lowest BCUT2D eigenvalue weighted by Crippen LogP contribution is -2.16. The van der Waals surface area contributed by atoms with Gasteiger partial charge >= 0.3 is 6.09 Å². The number of carbonyl (C=O) groups is 1. The van der Waals surface area contributed by atoms with Crippen molar-refractivity contribution in [1.29, 1.82) is 0 Å². The third-order valence-electron chi connectivity index (χ3n) is 2.44. The largest absolute Gasteiger partial charge is 0.447 e. The van der Waals surface area contributed by atoms with E-state index < -0.39 is 6.09 Å². The number of hydrogen-bond acceptors (Lipinski definition) is 5. The minimum Gasteiger partial charge on any atom is -0.447 e. The highest BCUT2D eigenvalue weighted by Gasteiger charge is 2.12. The second kappa shape index (κ2) is 5.96. The van der Waals surface area contributed by atoms with Crippen molar-refractivity contribution in [2.75, 3.05) is 18.5 Å². The summed E-state index contributed by atoms with van der Waals surface area (Å²) in [5, 5.41) is 19.0. The molecule has 0 saturated carbocycles. The maximum atomic E-state index is 11.5. The Labute approximate surface area is 109 Å². The molecule has 7 nitrogen and oxygen atoms in total. The molecule has 0 aliphatic carbocycles. The van der Waals surface area contributed by atoms with Gasteiger partial charge in [0.15, 0.2) is 5.82 Å². The number of ether oxygens (including phenoxy) is 1. The molecule has 0 unspecified atom stereocenters. The van der Waals surface area contributed by atoms with Gasteiger partial charge in [-0.3, -0.25) is 5.32 Å². The third kappa shape index (κ3) is 3.08. The van der Waals surface area contributed by atoms with Crippen molar-refractivity contribution in [2.45, 2.75) is 0 Å². The molecule has 1 aromatic carbocycles. The Bertz CT molecular complexity index is 568. The van der Waals surface area contributed by atoms with Crippen LogP contribution >= 0.6 is 0 Å². The van der Waals surface area contributed by atoms with Crippen molar-refractivity contribution in [3.8, 4) is 11.4 Å². The number of rotatable bonds is 4. The van der Waals surface area contributed by atoms with Gasteiger partial charge in [0.2, 0.25) is 0 Å². The van der Waals surface area contributed by atoms with Gasteiger partial charge in [0, 0.05) is 12.6 Å². The van der Waals surface area contributed by atoms with E-state index in [1.54, 1.807) is 23.0 Å². The number of nitrogens with zero attached hydrogens (tertiary/aromatic N) is 3. The van der Waals surface area contributed by atoms with Crippen LogP contribution in [0.1, 0.15) is 0 Å². The summed E-state index contributed by atoms with van der Waals surface area (Å²) in [4.78, 5) is 11.5. The molecule has 0 aliphatic heterocycles. The summed E-state index contributed by atoms with van der Waals surface area (Å²) in [6.07, 6.45) is 0.958. The number of anilines is 1. The number of aliphatic hydroxyl groups excluding tert-OH is 1. The van der Waals surface area contributed by atoms with E-state index in [9.17, 15) is 4.79 Å². The van der Waals surface area contributed by atoms with Crippen LogP contribution in [0.15, 0.2) is 30.6 Å². The Hall–Kier alpha value is -2.41. The van der Waals surface area contributed by atoms with Crippen LogP contribution < -0.4 is 5.32 Å². The second-order valence-electron chi connectivity index (χ2n) is 3.80. The van der Waals surface area contributed by atoms with Crippen molar-refractivity contribution in [1.82, 2.24) is 14.8 Å². The maximum Gasteiger partial charge on any atom is 0.411 e. The van der Waals surface area contributed by atoms with Gasteiger partial charge in [0.25, 0.3) is 0 Å². The van der Waals surface area contributed by atoms with Crippen molar-refractivity contribution in [3.05, 3.63) is 30.6 Å². The van der Waals surface area contributed by atoms with Crippen molar-refractivity contribution >= 4 is 11.8 Å². The number of aromatic nitrogens is 3. The summed E-state index contributed by atoms with van der Waals surface area (Å²) < 4.78 is 6.50. The van der Waals surface area contributed by atoms with Crippen molar-refractivity contribution in [2.24, 2.45) is 7.05 Å². The standard InChI is InChI=1S/C12H14N4O3/c1-16-8-13-15-11(16)9-4-2-3-5-10(9)14-12(18)19-7-6-17/h2-5,8,17H,6-7H2,1H3,(H,14,18). The van der Waals surface area contributed by atoms with Crippen LogP contribution in [0.3, 0.4) is 0 Å². The molecule has 2 rings (SSSR count). The first kappa shape index (κ1) is 13.0. The lowest BCUT2D eigenvalue weighted by atomic mass is 10.1. The summed E-state index contributed by atoms with van der Waals surface area (Å²) >= 11 is 0. The molecule has 1 amide bonds. The van der Waals surface area contributed by atoms with Crippen LogP contribution in [0, 0.1) is 0 Å². The number of nitrogens with one attached hydrogen (secondary N) is 1. The predicted molar refractivity (Wildman–Crippen MR) is 68.5 cm³/mol. The highest BCUT2D eigenvalue weighted by Crippen LogP contribution is 2.25. The lowest BCUT2D eigenvalue weighted by Gasteiger charge is -2.10. The smallest absolute Gasteiger partial charge is 0.411 e. The Morgan fingerprint density at radius 1 is 1.47 bits per heavy atom. The van der Waals surface area contributed by atoms with E-state index in [4.69, 9.17) is 9.84 Å². The van der Waals surface area contributed by atoms with Gasteiger partial charge in [0.05, 0.1) is 12.3 Å². The van der Waals surface area contributed by atoms with E-state index in [0.29, 0.717) is 11.5 Å². The first-order chi connectivity index (χ1) is 9.22. The molecule has 0 fully saturated rings. The Kier molecular flexibility index (Phi) is 4.09. The number of aryl methyl sites for hydroxylation is 1. The lowest BCUT2D eigenvalue weighted by molar-refractivity contribution is 0.131. The molecule has 2 N–H and O–H groups in total. The predicted octanol–water partition coefficient (Wildman–Crippen LogP) is 1.02. The number of benzene rings is 1. The molecule has 100 valence electrons. The van der Waals surface area contributed by atoms with Crippen molar-refractivity contribution in [3.63, 3.8) is 0 Å². The van der Waals surface area contributed by atoms with Crippen molar-refractivity contribution < 1.29 is 14.6 Å². The van der Waals surface area contributed by atoms with Gasteiger partial charge in [0.1, 0.15) is 12.9 Å². The fraction of sp³-hybridized carbons (Fsp3) is 0.250. The van der Waals surface area contributed by atoms with E-state index in [2.05, 4.69) is 15.5 Å². The molecule has 0 atom stereocenters. The van der Waals surface area contributed by atoms with E-state index in [0.717, 1.165) is 5.56 Å². The minimum absolute atomic E-state index is 0.0437. The third-order valence-corrected chi connectivity index (χ3v) is 2.44. The van der Waals surface area contributed by atoms with Crippen LogP contribution in [0.4, 0.5) is 10.5 Å². The normalized spacial score (nSPS) is 10.2. The minimum atomic E-state index is -0.622. The summed E-state index contributed by atoms with van der Waals surface area (Å²) in [6.45, 7) is -0.254. The van der Waals surface area contributed by atoms with Crippen LogP contribution in [0.5, 0.6) is 0 Å². The summed E-state index contributed by atoms with van der Waals surface area (Å²) in [5.41, 5.74) is 1.31. The van der Waals surface area contributed by atoms with Gasteiger partial charge in [-0.2, -0.15) is 0 Å². The number of hydrogen-bond donors (Lipinski definition) is 2. The van der Waals surface area contributed by atoms with Crippen LogP contribution in [-0.4, -0.2) is 39.2 Å². The fourth-order valence-corrected chi connectivity index (χ4v) is 1.60. The van der Waals surface area contributed by atoms with Gasteiger partial charge in [-0.25, -0.2) is 4.79 Å². The number of amides is 1. The number of carbonyl (C=O) groups excluding carboxylic acids is 1. The molecule has 0 saturated heterocycles. The van der Waals surface area contributed by atoms with E-state index >= 15 is 0 Å². The SMILES string of the molecule is Cn1cnnc1-c1ccccc1NC(=O)OCCO. The molecule has 0 spiro atoms. The maximum absolute atomic E-state index is 11.5. The zero-order valence-corrected chi connectivity index (χ0v) is 10.4. The average molecular weight is 262 g/mol. The Balaban J connectivity index is 2.22. The van der Waals surface area contributed by atoms with Crippen LogP contribution in [0.2, 0.25) is 0 Å². The molecule has 2 aromatic rings. The number of para-hydroxylation sites is 1. The molecule has 19 heavy (non-hydrogen) atoms. The first-order valence-corrected chi connectivity index (χ1v) is 5.70. The van der Waals surface area contributed by atoms with Crippen LogP contribution in [0.25, 0.3) is 11.4 Å². The summed E-state index contributed by atoms with van der Waals surface area (Å²) in [5.74, 6) is 0.637. The molecular formula is C12H14N4O3. The fourth-order valence-electron chi connectivity index (χ4n) is 1.60. The summed E-state index contributed by atoms with van der Waals surface area (Å²) in [6, 6.07) is 7.20. The highest BCUT2D eigenvalue weighted by atomic mass is 16.6. The zero-order chi connectivity index (χ0) is 13.7. The summed E-state index contributed by atoms with van der Waals surface area (Å²) in [7, 11) is 1.82. The van der Waals surface area contributed by atoms with Gasteiger partial charge in [-0.15, -0.1) is 10.2 Å². The van der Waals surface area contributed by atoms with E-state index in [1.807, 2.05) is 19.2 Å². The Morgan fingerprint density at radius 2 is 2.26 bits per heavy atom. The number of aliphatic hydroxyl groups is 1. The average Bonchev–Trinajstić information content (AvgIpc) is 2.83. The van der Waals surface area contributed by atoms with Gasteiger partial charge < -0.3 is 14.4 Å². The molecule has 1 aromatic heterocycles. The Morgan fingerprint density at radius 3 is 2.95 bits per heavy atom.